The molecule has 2 rings (SSSR count). The lowest BCUT2D eigenvalue weighted by atomic mass is 10.2. The molecule has 96 valence electrons. The Kier molecular flexibility index (Phi) is 3.96. The van der Waals surface area contributed by atoms with Gasteiger partial charge in [0.2, 0.25) is 11.8 Å². The van der Waals surface area contributed by atoms with Crippen LogP contribution in [0.5, 0.6) is 0 Å². The number of nitrogens with zero attached hydrogens (tertiary/aromatic N) is 1. The lowest BCUT2D eigenvalue weighted by Gasteiger charge is -2.19. The fourth-order valence-electron chi connectivity index (χ4n) is 1.76. The van der Waals surface area contributed by atoms with Gasteiger partial charge in [-0.05, 0) is 33.6 Å². The molecule has 4 nitrogen and oxygen atoms in total. The fraction of sp³-hybridized carbons (Fsp3) is 0.333. The van der Waals surface area contributed by atoms with E-state index in [9.17, 15) is 14.0 Å². The topological polar surface area (TPSA) is 49.4 Å². The summed E-state index contributed by atoms with van der Waals surface area (Å²) in [5, 5.41) is 2.53. The summed E-state index contributed by atoms with van der Waals surface area (Å²) in [6.45, 7) is 0.799. The Morgan fingerprint density at radius 2 is 2.17 bits per heavy atom. The molecule has 1 fully saturated rings. The quantitative estimate of drug-likeness (QED) is 0.898. The molecule has 0 saturated carbocycles. The largest absolute Gasteiger partial charge is 0.347 e. The number of hydrogen-bond donors (Lipinski definition) is 1. The van der Waals surface area contributed by atoms with Crippen molar-refractivity contribution in [3.8, 4) is 0 Å². The number of hydrogen-bond acceptors (Lipinski definition) is 2. The van der Waals surface area contributed by atoms with Gasteiger partial charge in [-0.3, -0.25) is 9.59 Å². The number of carbonyl (C=O) groups excluding carboxylic acids is 2. The minimum atomic E-state index is -0.335. The van der Waals surface area contributed by atoms with Gasteiger partial charge in [0, 0.05) is 19.5 Å². The molecule has 6 heteroatoms. The Morgan fingerprint density at radius 1 is 1.39 bits per heavy atom. The van der Waals surface area contributed by atoms with Crippen LogP contribution in [0.2, 0.25) is 0 Å². The van der Waals surface area contributed by atoms with E-state index in [2.05, 4.69) is 21.2 Å². The highest BCUT2D eigenvalue weighted by Crippen LogP contribution is 2.18. The van der Waals surface area contributed by atoms with Gasteiger partial charge in [0.25, 0.3) is 0 Å². The number of carbonyl (C=O) groups is 2. The molecule has 0 atom stereocenters. The SMILES string of the molecule is O=C1CCN(Cc2ccc(F)c(Br)c2)C(=O)CN1. The molecule has 1 N–H and O–H groups in total. The van der Waals surface area contributed by atoms with Crippen LogP contribution in [-0.2, 0) is 16.1 Å². The third-order valence-electron chi connectivity index (χ3n) is 2.76. The van der Waals surface area contributed by atoms with Gasteiger partial charge < -0.3 is 10.2 Å². The molecular formula is C12H12BrFN2O2. The van der Waals surface area contributed by atoms with Crippen LogP contribution in [0.3, 0.4) is 0 Å². The second kappa shape index (κ2) is 5.48. The van der Waals surface area contributed by atoms with E-state index in [1.165, 1.54) is 6.07 Å². The zero-order valence-corrected chi connectivity index (χ0v) is 11.2. The number of benzene rings is 1. The third kappa shape index (κ3) is 3.07. The summed E-state index contributed by atoms with van der Waals surface area (Å²) < 4.78 is 13.5. The van der Waals surface area contributed by atoms with Crippen molar-refractivity contribution in [2.24, 2.45) is 0 Å². The molecule has 1 aromatic carbocycles. The summed E-state index contributed by atoms with van der Waals surface area (Å²) in [7, 11) is 0. The maximum absolute atomic E-state index is 13.1. The average Bonchev–Trinajstić information content (AvgIpc) is 2.49. The molecule has 0 aliphatic carbocycles. The lowest BCUT2D eigenvalue weighted by Crippen LogP contribution is -2.34. The van der Waals surface area contributed by atoms with Crippen molar-refractivity contribution in [1.82, 2.24) is 10.2 Å². The molecule has 1 aliphatic heterocycles. The van der Waals surface area contributed by atoms with Crippen molar-refractivity contribution in [3.05, 3.63) is 34.1 Å². The molecule has 1 aliphatic rings. The van der Waals surface area contributed by atoms with E-state index >= 15 is 0 Å². The maximum Gasteiger partial charge on any atom is 0.242 e. The Morgan fingerprint density at radius 3 is 2.89 bits per heavy atom. The van der Waals surface area contributed by atoms with E-state index in [4.69, 9.17) is 0 Å². The first-order valence-corrected chi connectivity index (χ1v) is 6.34. The molecule has 1 heterocycles. The van der Waals surface area contributed by atoms with E-state index in [1.807, 2.05) is 0 Å². The van der Waals surface area contributed by atoms with Gasteiger partial charge in [0.15, 0.2) is 0 Å². The molecular weight excluding hydrogens is 303 g/mol. The fourth-order valence-corrected chi connectivity index (χ4v) is 2.19. The first-order valence-electron chi connectivity index (χ1n) is 5.54. The minimum Gasteiger partial charge on any atom is -0.347 e. The van der Waals surface area contributed by atoms with Crippen LogP contribution >= 0.6 is 15.9 Å². The summed E-state index contributed by atoms with van der Waals surface area (Å²) in [6, 6.07) is 4.63. The zero-order valence-electron chi connectivity index (χ0n) is 9.58. The standard InChI is InChI=1S/C12H12BrFN2O2/c13-9-5-8(1-2-10(9)14)7-16-4-3-11(17)15-6-12(16)18/h1-2,5H,3-4,6-7H2,(H,15,17). The van der Waals surface area contributed by atoms with Crippen LogP contribution in [0, 0.1) is 5.82 Å². The van der Waals surface area contributed by atoms with E-state index < -0.39 is 0 Å². The van der Waals surface area contributed by atoms with E-state index in [0.717, 1.165) is 5.56 Å². The highest BCUT2D eigenvalue weighted by atomic mass is 79.9. The molecule has 0 aromatic heterocycles. The van der Waals surface area contributed by atoms with Crippen LogP contribution in [-0.4, -0.2) is 29.8 Å². The monoisotopic (exact) mass is 314 g/mol. The molecule has 0 unspecified atom stereocenters. The summed E-state index contributed by atoms with van der Waals surface area (Å²) in [5.41, 5.74) is 0.825. The average molecular weight is 315 g/mol. The van der Waals surface area contributed by atoms with Crippen molar-refractivity contribution in [3.63, 3.8) is 0 Å². The Bertz CT molecular complexity index is 493. The number of amides is 2. The van der Waals surface area contributed by atoms with Gasteiger partial charge in [-0.25, -0.2) is 4.39 Å². The molecule has 0 radical (unpaired) electrons. The van der Waals surface area contributed by atoms with Crippen molar-refractivity contribution in [2.45, 2.75) is 13.0 Å². The van der Waals surface area contributed by atoms with Crippen molar-refractivity contribution in [2.75, 3.05) is 13.1 Å². The lowest BCUT2D eigenvalue weighted by molar-refractivity contribution is -0.130. The Hall–Kier alpha value is -1.43. The minimum absolute atomic E-state index is 0.0290. The van der Waals surface area contributed by atoms with Gasteiger partial charge in [-0.1, -0.05) is 6.07 Å². The van der Waals surface area contributed by atoms with Crippen LogP contribution in [0.1, 0.15) is 12.0 Å². The molecule has 0 bridgehead atoms. The Balaban J connectivity index is 2.09. The van der Waals surface area contributed by atoms with Crippen LogP contribution < -0.4 is 5.32 Å². The van der Waals surface area contributed by atoms with Gasteiger partial charge in [-0.2, -0.15) is 0 Å². The van der Waals surface area contributed by atoms with Gasteiger partial charge in [0.05, 0.1) is 11.0 Å². The summed E-state index contributed by atoms with van der Waals surface area (Å²) >= 11 is 3.11. The summed E-state index contributed by atoms with van der Waals surface area (Å²) in [4.78, 5) is 24.5. The molecule has 18 heavy (non-hydrogen) atoms. The Labute approximate surface area is 112 Å². The smallest absolute Gasteiger partial charge is 0.242 e. The summed E-state index contributed by atoms with van der Waals surface area (Å²) in [5.74, 6) is -0.578. The van der Waals surface area contributed by atoms with E-state index in [-0.39, 0.29) is 24.2 Å². The highest BCUT2D eigenvalue weighted by Gasteiger charge is 2.20. The number of halogens is 2. The third-order valence-corrected chi connectivity index (χ3v) is 3.36. The predicted molar refractivity (Wildman–Crippen MR) is 67.1 cm³/mol. The van der Waals surface area contributed by atoms with Crippen molar-refractivity contribution in [1.29, 1.82) is 0 Å². The maximum atomic E-state index is 13.1. The van der Waals surface area contributed by atoms with Gasteiger partial charge >= 0.3 is 0 Å². The number of nitrogens with one attached hydrogen (secondary N) is 1. The molecule has 1 aromatic rings. The van der Waals surface area contributed by atoms with Crippen LogP contribution in [0.4, 0.5) is 4.39 Å². The van der Waals surface area contributed by atoms with Crippen LogP contribution in [0.25, 0.3) is 0 Å². The normalized spacial score (nSPS) is 16.4. The van der Waals surface area contributed by atoms with Gasteiger partial charge in [0.1, 0.15) is 5.82 Å². The predicted octanol–water partition coefficient (Wildman–Crippen LogP) is 1.44. The molecule has 1 saturated heterocycles. The van der Waals surface area contributed by atoms with E-state index in [1.54, 1.807) is 17.0 Å². The first-order chi connectivity index (χ1) is 8.56. The first kappa shape index (κ1) is 13.0. The van der Waals surface area contributed by atoms with Crippen molar-refractivity contribution < 1.29 is 14.0 Å². The number of rotatable bonds is 2. The van der Waals surface area contributed by atoms with Gasteiger partial charge in [-0.15, -0.1) is 0 Å². The van der Waals surface area contributed by atoms with Crippen molar-refractivity contribution >= 4 is 27.7 Å². The summed E-state index contributed by atoms with van der Waals surface area (Å²) in [6.07, 6.45) is 0.300. The second-order valence-corrected chi connectivity index (χ2v) is 4.94. The molecule has 0 spiro atoms. The molecule has 2 amide bonds. The zero-order chi connectivity index (χ0) is 13.1. The second-order valence-electron chi connectivity index (χ2n) is 4.09. The van der Waals surface area contributed by atoms with E-state index in [0.29, 0.717) is 24.0 Å². The van der Waals surface area contributed by atoms with Crippen LogP contribution in [0.15, 0.2) is 22.7 Å². The highest BCUT2D eigenvalue weighted by molar-refractivity contribution is 9.10.